The topological polar surface area (TPSA) is 58.9 Å². The molecule has 0 saturated carbocycles. The van der Waals surface area contributed by atoms with E-state index in [1.807, 2.05) is 0 Å². The van der Waals surface area contributed by atoms with E-state index in [1.165, 1.54) is 31.4 Å². The SMILES string of the molecule is COc1ccc(N=C/C(C(=O)C(F)(F)F)=C(/O)C(F)(F)F)cc1. The predicted octanol–water partition coefficient (Wildman–Crippen LogP) is 3.90. The van der Waals surface area contributed by atoms with Gasteiger partial charge in [-0.05, 0) is 24.3 Å². The molecule has 0 heterocycles. The zero-order chi connectivity index (χ0) is 17.8. The van der Waals surface area contributed by atoms with Crippen molar-refractivity contribution in [1.82, 2.24) is 0 Å². The minimum Gasteiger partial charge on any atom is -0.504 e. The summed E-state index contributed by atoms with van der Waals surface area (Å²) in [5, 5.41) is 8.86. The van der Waals surface area contributed by atoms with Gasteiger partial charge in [-0.3, -0.25) is 9.79 Å². The number of ketones is 1. The first-order chi connectivity index (χ1) is 10.5. The van der Waals surface area contributed by atoms with Crippen molar-refractivity contribution in [2.45, 2.75) is 12.4 Å². The molecule has 0 atom stereocenters. The first-order valence-electron chi connectivity index (χ1n) is 5.77. The molecule has 0 aliphatic heterocycles. The molecule has 23 heavy (non-hydrogen) atoms. The Morgan fingerprint density at radius 1 is 1.09 bits per heavy atom. The smallest absolute Gasteiger partial charge is 0.455 e. The van der Waals surface area contributed by atoms with Crippen LogP contribution >= 0.6 is 0 Å². The number of alkyl halides is 6. The largest absolute Gasteiger partial charge is 0.504 e. The molecule has 126 valence electrons. The summed E-state index contributed by atoms with van der Waals surface area (Å²) in [6, 6.07) is 5.17. The van der Waals surface area contributed by atoms with Gasteiger partial charge in [0.25, 0.3) is 5.78 Å². The number of carbonyl (C=O) groups is 1. The Hall–Kier alpha value is -2.52. The van der Waals surface area contributed by atoms with Crippen LogP contribution in [0, 0.1) is 0 Å². The summed E-state index contributed by atoms with van der Waals surface area (Å²) in [6.07, 6.45) is -11.1. The minimum absolute atomic E-state index is 0.0143. The molecule has 1 N–H and O–H groups in total. The molecule has 4 nitrogen and oxygen atoms in total. The van der Waals surface area contributed by atoms with Gasteiger partial charge in [-0.1, -0.05) is 0 Å². The second-order valence-corrected chi connectivity index (χ2v) is 4.04. The van der Waals surface area contributed by atoms with E-state index in [2.05, 4.69) is 4.99 Å². The molecule has 0 fully saturated rings. The van der Waals surface area contributed by atoms with E-state index in [1.54, 1.807) is 0 Å². The zero-order valence-corrected chi connectivity index (χ0v) is 11.4. The highest BCUT2D eigenvalue weighted by Gasteiger charge is 2.46. The Kier molecular flexibility index (Phi) is 5.41. The summed E-state index contributed by atoms with van der Waals surface area (Å²) in [6.45, 7) is 0. The number of aliphatic hydroxyl groups excluding tert-OH is 1. The molecule has 0 spiro atoms. The molecular formula is C13H9F6NO3. The standard InChI is InChI=1S/C13H9F6NO3/c1-23-8-4-2-7(3-5-8)20-6-9(10(21)12(14,15)16)11(22)13(17,18)19/h2-6,21H,1H3/b10-9-,20-6?. The van der Waals surface area contributed by atoms with Gasteiger partial charge in [-0.15, -0.1) is 0 Å². The zero-order valence-electron chi connectivity index (χ0n) is 11.4. The number of aliphatic hydroxyl groups is 1. The van der Waals surface area contributed by atoms with Gasteiger partial charge in [-0.2, -0.15) is 26.3 Å². The van der Waals surface area contributed by atoms with Gasteiger partial charge in [-0.25, -0.2) is 0 Å². The summed E-state index contributed by atoms with van der Waals surface area (Å²) in [7, 11) is 1.35. The molecule has 0 saturated heterocycles. The molecule has 0 aliphatic carbocycles. The van der Waals surface area contributed by atoms with E-state index in [9.17, 15) is 31.1 Å². The molecular weight excluding hydrogens is 332 g/mol. The maximum Gasteiger partial charge on any atom is 0.455 e. The quantitative estimate of drug-likeness (QED) is 0.391. The first kappa shape index (κ1) is 18.5. The van der Waals surface area contributed by atoms with E-state index >= 15 is 0 Å². The molecule has 0 aromatic heterocycles. The monoisotopic (exact) mass is 341 g/mol. The predicted molar refractivity (Wildman–Crippen MR) is 67.9 cm³/mol. The van der Waals surface area contributed by atoms with Crippen LogP contribution in [0.5, 0.6) is 5.75 Å². The maximum absolute atomic E-state index is 12.4. The molecule has 0 radical (unpaired) electrons. The summed E-state index contributed by atoms with van der Waals surface area (Å²) in [5.74, 6) is -5.15. The van der Waals surface area contributed by atoms with Crippen molar-refractivity contribution in [2.24, 2.45) is 4.99 Å². The second kappa shape index (κ2) is 6.71. The number of halogens is 6. The first-order valence-corrected chi connectivity index (χ1v) is 5.77. The van der Waals surface area contributed by atoms with Crippen LogP contribution in [0.1, 0.15) is 0 Å². The highest BCUT2D eigenvalue weighted by molar-refractivity contribution is 6.16. The lowest BCUT2D eigenvalue weighted by Crippen LogP contribution is -2.29. The number of aliphatic imine (C=N–C) groups is 1. The minimum atomic E-state index is -5.60. The van der Waals surface area contributed by atoms with E-state index in [0.29, 0.717) is 5.75 Å². The van der Waals surface area contributed by atoms with Crippen LogP contribution in [0.25, 0.3) is 0 Å². The van der Waals surface area contributed by atoms with Crippen molar-refractivity contribution < 1.29 is 41.0 Å². The molecule has 0 amide bonds. The second-order valence-electron chi connectivity index (χ2n) is 4.04. The van der Waals surface area contributed by atoms with Crippen LogP contribution in [0.15, 0.2) is 40.6 Å². The Labute approximate surface area is 125 Å². The van der Waals surface area contributed by atoms with Crippen molar-refractivity contribution in [3.63, 3.8) is 0 Å². The van der Waals surface area contributed by atoms with Crippen LogP contribution in [0.2, 0.25) is 0 Å². The van der Waals surface area contributed by atoms with Crippen LogP contribution < -0.4 is 4.74 Å². The average molecular weight is 341 g/mol. The van der Waals surface area contributed by atoms with E-state index in [-0.39, 0.29) is 11.9 Å². The lowest BCUT2D eigenvalue weighted by atomic mass is 10.1. The van der Waals surface area contributed by atoms with E-state index < -0.39 is 29.5 Å². The van der Waals surface area contributed by atoms with Gasteiger partial charge in [0.05, 0.1) is 18.4 Å². The van der Waals surface area contributed by atoms with Crippen molar-refractivity contribution in [2.75, 3.05) is 7.11 Å². The van der Waals surface area contributed by atoms with Crippen molar-refractivity contribution >= 4 is 17.7 Å². The molecule has 0 unspecified atom stereocenters. The Balaban J connectivity index is 3.25. The Bertz CT molecular complexity index is 629. The number of Topliss-reactive ketones (excluding diaryl/α,β-unsaturated/α-hetero) is 1. The number of methoxy groups -OCH3 is 1. The number of benzene rings is 1. The molecule has 1 aromatic carbocycles. The van der Waals surface area contributed by atoms with Crippen LogP contribution in [0.4, 0.5) is 32.0 Å². The highest BCUT2D eigenvalue weighted by atomic mass is 19.4. The number of hydrogen-bond donors (Lipinski definition) is 1. The number of hydrogen-bond acceptors (Lipinski definition) is 4. The van der Waals surface area contributed by atoms with Gasteiger partial charge >= 0.3 is 12.4 Å². The third kappa shape index (κ3) is 5.01. The molecule has 0 bridgehead atoms. The van der Waals surface area contributed by atoms with Gasteiger partial charge in [0.2, 0.25) is 5.76 Å². The van der Waals surface area contributed by atoms with E-state index in [0.717, 1.165) is 0 Å². The fraction of sp³-hybridized carbons (Fsp3) is 0.231. The molecule has 10 heteroatoms. The van der Waals surface area contributed by atoms with Crippen LogP contribution in [-0.2, 0) is 4.79 Å². The number of rotatable bonds is 4. The van der Waals surface area contributed by atoms with Gasteiger partial charge in [0.15, 0.2) is 0 Å². The summed E-state index contributed by atoms with van der Waals surface area (Å²) < 4.78 is 78.9. The lowest BCUT2D eigenvalue weighted by molar-refractivity contribution is -0.167. The van der Waals surface area contributed by atoms with Crippen molar-refractivity contribution in [1.29, 1.82) is 0 Å². The summed E-state index contributed by atoms with van der Waals surface area (Å²) in [5.41, 5.74) is -2.05. The normalized spacial score (nSPS) is 13.9. The fourth-order valence-electron chi connectivity index (χ4n) is 1.34. The maximum atomic E-state index is 12.4. The third-order valence-corrected chi connectivity index (χ3v) is 2.44. The van der Waals surface area contributed by atoms with Crippen LogP contribution in [-0.4, -0.2) is 36.6 Å². The van der Waals surface area contributed by atoms with Gasteiger partial charge < -0.3 is 9.84 Å². The summed E-state index contributed by atoms with van der Waals surface area (Å²) >= 11 is 0. The summed E-state index contributed by atoms with van der Waals surface area (Å²) in [4.78, 5) is 14.4. The van der Waals surface area contributed by atoms with Gasteiger partial charge in [0.1, 0.15) is 5.75 Å². The van der Waals surface area contributed by atoms with Crippen LogP contribution in [0.3, 0.4) is 0 Å². The Morgan fingerprint density at radius 2 is 1.61 bits per heavy atom. The van der Waals surface area contributed by atoms with E-state index in [4.69, 9.17) is 9.84 Å². The van der Waals surface area contributed by atoms with Crippen molar-refractivity contribution in [3.05, 3.63) is 35.6 Å². The number of carbonyl (C=O) groups excluding carboxylic acids is 1. The van der Waals surface area contributed by atoms with Crippen molar-refractivity contribution in [3.8, 4) is 5.75 Å². The number of nitrogens with zero attached hydrogens (tertiary/aromatic N) is 1. The fourth-order valence-corrected chi connectivity index (χ4v) is 1.34. The molecule has 0 aliphatic rings. The van der Waals surface area contributed by atoms with Gasteiger partial charge in [0, 0.05) is 6.21 Å². The lowest BCUT2D eigenvalue weighted by Gasteiger charge is -2.10. The highest BCUT2D eigenvalue weighted by Crippen LogP contribution is 2.30. The molecule has 1 aromatic rings. The Morgan fingerprint density at radius 3 is 2.00 bits per heavy atom. The molecule has 1 rings (SSSR count). The average Bonchev–Trinajstić information content (AvgIpc) is 2.45. The third-order valence-electron chi connectivity index (χ3n) is 2.44. The number of ether oxygens (including phenoxy) is 1. The number of allylic oxidation sites excluding steroid dienone is 2.